The molecule has 0 atom stereocenters. The number of imidazole rings is 1. The van der Waals surface area contributed by atoms with E-state index in [9.17, 15) is 4.39 Å². The molecule has 0 aliphatic heterocycles. The summed E-state index contributed by atoms with van der Waals surface area (Å²) in [7, 11) is 0. The largest absolute Gasteiger partial charge is 0.329 e. The predicted octanol–water partition coefficient (Wildman–Crippen LogP) is 4.29. The normalized spacial score (nSPS) is 11.1. The quantitative estimate of drug-likeness (QED) is 0.672. The number of halogens is 2. The van der Waals surface area contributed by atoms with Gasteiger partial charge in [0.1, 0.15) is 5.82 Å². The summed E-state index contributed by atoms with van der Waals surface area (Å²) in [6, 6.07) is 8.60. The number of aryl methyl sites for hydroxylation is 1. The van der Waals surface area contributed by atoms with E-state index in [0.717, 1.165) is 22.5 Å². The molecule has 96 valence electrons. The van der Waals surface area contributed by atoms with E-state index < -0.39 is 0 Å². The fourth-order valence-corrected chi connectivity index (χ4v) is 2.61. The molecule has 6 heteroatoms. The molecule has 19 heavy (non-hydrogen) atoms. The molecule has 2 heterocycles. The van der Waals surface area contributed by atoms with Crippen LogP contribution >= 0.6 is 28.1 Å². The van der Waals surface area contributed by atoms with Crippen molar-refractivity contribution in [1.82, 2.24) is 14.5 Å². The highest BCUT2D eigenvalue weighted by Gasteiger charge is 2.09. The zero-order valence-electron chi connectivity index (χ0n) is 9.95. The molecule has 3 rings (SSSR count). The van der Waals surface area contributed by atoms with Gasteiger partial charge in [0.05, 0.1) is 15.7 Å². The smallest absolute Gasteiger partial charge is 0.183 e. The van der Waals surface area contributed by atoms with Gasteiger partial charge in [0.25, 0.3) is 0 Å². The number of nitrogens with zero attached hydrogens (tertiary/aromatic N) is 2. The summed E-state index contributed by atoms with van der Waals surface area (Å²) in [5.74, 6) is -0.306. The first-order valence-electron chi connectivity index (χ1n) is 5.60. The van der Waals surface area contributed by atoms with Gasteiger partial charge in [-0.05, 0) is 65.4 Å². The maximum absolute atomic E-state index is 13.3. The number of H-pyrrole nitrogens is 1. The highest BCUT2D eigenvalue weighted by Crippen LogP contribution is 2.23. The van der Waals surface area contributed by atoms with Crippen LogP contribution in [0.25, 0.3) is 16.9 Å². The van der Waals surface area contributed by atoms with Gasteiger partial charge in [-0.1, -0.05) is 0 Å². The molecule has 0 amide bonds. The predicted molar refractivity (Wildman–Crippen MR) is 78.6 cm³/mol. The average molecular weight is 338 g/mol. The molecule has 0 saturated heterocycles. The van der Waals surface area contributed by atoms with Crippen molar-refractivity contribution < 1.29 is 4.39 Å². The van der Waals surface area contributed by atoms with E-state index in [4.69, 9.17) is 12.2 Å². The number of pyridine rings is 1. The lowest BCUT2D eigenvalue weighted by molar-refractivity contribution is 0.620. The summed E-state index contributed by atoms with van der Waals surface area (Å²) in [5.41, 5.74) is 3.26. The fourth-order valence-electron chi connectivity index (χ4n) is 1.94. The number of fused-ring (bicyclic) bond motifs is 1. The van der Waals surface area contributed by atoms with Crippen LogP contribution in [-0.2, 0) is 0 Å². The Bertz CT molecular complexity index is 838. The Morgan fingerprint density at radius 2 is 2.11 bits per heavy atom. The van der Waals surface area contributed by atoms with Crippen molar-refractivity contribution in [3.8, 4) is 5.69 Å². The summed E-state index contributed by atoms with van der Waals surface area (Å²) in [6.45, 7) is 1.92. The molecule has 0 unspecified atom stereocenters. The van der Waals surface area contributed by atoms with Gasteiger partial charge in [0.15, 0.2) is 10.4 Å². The Morgan fingerprint density at radius 3 is 2.84 bits per heavy atom. The molecule has 0 spiro atoms. The monoisotopic (exact) mass is 337 g/mol. The van der Waals surface area contributed by atoms with Crippen LogP contribution < -0.4 is 0 Å². The maximum Gasteiger partial charge on any atom is 0.183 e. The molecule has 0 fully saturated rings. The topological polar surface area (TPSA) is 33.6 Å². The minimum absolute atomic E-state index is 0.306. The second kappa shape index (κ2) is 4.54. The van der Waals surface area contributed by atoms with E-state index in [2.05, 4.69) is 25.9 Å². The number of aromatic nitrogens is 3. The van der Waals surface area contributed by atoms with Crippen molar-refractivity contribution in [2.75, 3.05) is 0 Å². The molecule has 0 radical (unpaired) electrons. The lowest BCUT2D eigenvalue weighted by atomic mass is 10.3. The zero-order valence-corrected chi connectivity index (χ0v) is 12.3. The van der Waals surface area contributed by atoms with E-state index in [1.807, 2.05) is 19.1 Å². The molecular weight excluding hydrogens is 329 g/mol. The van der Waals surface area contributed by atoms with Gasteiger partial charge in [-0.3, -0.25) is 4.57 Å². The van der Waals surface area contributed by atoms with Crippen LogP contribution in [0, 0.1) is 17.5 Å². The van der Waals surface area contributed by atoms with Crippen LogP contribution in [0.4, 0.5) is 4.39 Å². The van der Waals surface area contributed by atoms with Gasteiger partial charge in [-0.25, -0.2) is 9.37 Å². The van der Waals surface area contributed by atoms with Crippen molar-refractivity contribution in [3.05, 3.63) is 51.1 Å². The first-order chi connectivity index (χ1) is 9.06. The van der Waals surface area contributed by atoms with Crippen LogP contribution in [0.1, 0.15) is 5.69 Å². The molecule has 1 N–H and O–H groups in total. The Hall–Kier alpha value is -1.53. The number of aromatic amines is 1. The Balaban J connectivity index is 2.35. The first-order valence-corrected chi connectivity index (χ1v) is 6.80. The number of rotatable bonds is 1. The van der Waals surface area contributed by atoms with Gasteiger partial charge < -0.3 is 4.98 Å². The third kappa shape index (κ3) is 2.11. The van der Waals surface area contributed by atoms with Crippen molar-refractivity contribution in [2.45, 2.75) is 6.92 Å². The van der Waals surface area contributed by atoms with Crippen molar-refractivity contribution in [3.63, 3.8) is 0 Å². The van der Waals surface area contributed by atoms with Crippen LogP contribution in [0.5, 0.6) is 0 Å². The summed E-state index contributed by atoms with van der Waals surface area (Å²) in [5, 5.41) is 0. The van der Waals surface area contributed by atoms with E-state index >= 15 is 0 Å². The lowest BCUT2D eigenvalue weighted by Crippen LogP contribution is -1.97. The summed E-state index contributed by atoms with van der Waals surface area (Å²) >= 11 is 8.49. The van der Waals surface area contributed by atoms with Gasteiger partial charge in [-0.2, -0.15) is 0 Å². The van der Waals surface area contributed by atoms with E-state index in [-0.39, 0.29) is 5.82 Å². The summed E-state index contributed by atoms with van der Waals surface area (Å²) < 4.78 is 16.0. The molecule has 0 saturated carbocycles. The SMILES string of the molecule is Cc1ccc2[nH]c(=S)n(-c3ccc(F)c(Br)c3)c2n1. The average Bonchev–Trinajstić information content (AvgIpc) is 2.68. The van der Waals surface area contributed by atoms with Crippen molar-refractivity contribution >= 4 is 39.3 Å². The first kappa shape index (κ1) is 12.5. The third-order valence-corrected chi connectivity index (χ3v) is 3.72. The zero-order chi connectivity index (χ0) is 13.6. The van der Waals surface area contributed by atoms with Crippen LogP contribution in [0.15, 0.2) is 34.8 Å². The Morgan fingerprint density at radius 1 is 1.32 bits per heavy atom. The third-order valence-electron chi connectivity index (χ3n) is 2.83. The van der Waals surface area contributed by atoms with Gasteiger partial charge in [-0.15, -0.1) is 0 Å². The Labute approximate surface area is 122 Å². The molecule has 3 aromatic rings. The minimum Gasteiger partial charge on any atom is -0.329 e. The second-order valence-corrected chi connectivity index (χ2v) is 5.43. The minimum atomic E-state index is -0.306. The standard InChI is InChI=1S/C13H9BrFN3S/c1-7-2-5-11-12(16-7)18(13(19)17-11)8-3-4-10(15)9(14)6-8/h2-6H,1H3,(H,17,19). The molecule has 0 aliphatic carbocycles. The van der Waals surface area contributed by atoms with Crippen LogP contribution in [0.2, 0.25) is 0 Å². The highest BCUT2D eigenvalue weighted by molar-refractivity contribution is 9.10. The summed E-state index contributed by atoms with van der Waals surface area (Å²) in [6.07, 6.45) is 0. The number of hydrogen-bond acceptors (Lipinski definition) is 2. The molecular formula is C13H9BrFN3S. The lowest BCUT2D eigenvalue weighted by Gasteiger charge is -2.05. The molecule has 3 nitrogen and oxygen atoms in total. The second-order valence-electron chi connectivity index (χ2n) is 4.19. The maximum atomic E-state index is 13.3. The van der Waals surface area contributed by atoms with Crippen molar-refractivity contribution in [1.29, 1.82) is 0 Å². The summed E-state index contributed by atoms with van der Waals surface area (Å²) in [4.78, 5) is 7.57. The van der Waals surface area contributed by atoms with E-state index in [1.54, 1.807) is 16.7 Å². The van der Waals surface area contributed by atoms with E-state index in [0.29, 0.717) is 9.24 Å². The van der Waals surface area contributed by atoms with E-state index in [1.165, 1.54) is 6.07 Å². The molecule has 2 aromatic heterocycles. The number of nitrogens with one attached hydrogen (secondary N) is 1. The van der Waals surface area contributed by atoms with Crippen molar-refractivity contribution in [2.24, 2.45) is 0 Å². The highest BCUT2D eigenvalue weighted by atomic mass is 79.9. The fraction of sp³-hybridized carbons (Fsp3) is 0.0769. The van der Waals surface area contributed by atoms with Crippen LogP contribution in [-0.4, -0.2) is 14.5 Å². The Kier molecular flexibility index (Phi) is 2.99. The molecule has 0 bridgehead atoms. The van der Waals surface area contributed by atoms with Gasteiger partial charge >= 0.3 is 0 Å². The molecule has 1 aromatic carbocycles. The van der Waals surface area contributed by atoms with Gasteiger partial charge in [0.2, 0.25) is 0 Å². The van der Waals surface area contributed by atoms with Gasteiger partial charge in [0, 0.05) is 5.69 Å². The van der Waals surface area contributed by atoms with Crippen LogP contribution in [0.3, 0.4) is 0 Å². The molecule has 0 aliphatic rings. The number of hydrogen-bond donors (Lipinski definition) is 1. The number of benzene rings is 1.